The summed E-state index contributed by atoms with van der Waals surface area (Å²) in [6, 6.07) is 7.50. The van der Waals surface area contributed by atoms with E-state index in [0.717, 1.165) is 16.5 Å². The highest BCUT2D eigenvalue weighted by Crippen LogP contribution is 2.23. The number of rotatable bonds is 6. The third-order valence-corrected chi connectivity index (χ3v) is 4.43. The number of fused-ring (bicyclic) bond motifs is 1. The molecule has 0 atom stereocenters. The van der Waals surface area contributed by atoms with Gasteiger partial charge in [-0.1, -0.05) is 17.3 Å². The molecule has 0 bridgehead atoms. The molecule has 1 amide bonds. The van der Waals surface area contributed by atoms with Crippen molar-refractivity contribution >= 4 is 22.6 Å². The van der Waals surface area contributed by atoms with Crippen LogP contribution in [0, 0.1) is 6.92 Å². The van der Waals surface area contributed by atoms with Gasteiger partial charge in [0.15, 0.2) is 5.69 Å². The minimum atomic E-state index is -0.946. The van der Waals surface area contributed by atoms with Crippen LogP contribution in [0.4, 0.5) is 0 Å². The molecule has 0 aliphatic carbocycles. The van der Waals surface area contributed by atoms with Gasteiger partial charge < -0.3 is 10.0 Å². The van der Waals surface area contributed by atoms with Crippen LogP contribution in [-0.2, 0) is 4.79 Å². The van der Waals surface area contributed by atoms with E-state index in [1.807, 2.05) is 38.1 Å². The molecule has 0 aliphatic heterocycles. The largest absolute Gasteiger partial charge is 0.481 e. The van der Waals surface area contributed by atoms with Crippen molar-refractivity contribution < 1.29 is 14.7 Å². The Labute approximate surface area is 156 Å². The number of aromatic nitrogens is 4. The van der Waals surface area contributed by atoms with Gasteiger partial charge in [0.2, 0.25) is 0 Å². The Hall–Kier alpha value is -3.29. The fourth-order valence-electron chi connectivity index (χ4n) is 2.99. The SMILES string of the molecule is Cc1c(C(=O)N(CCC(=O)O)C(C)C)nnn1-c1cccc2cnccc12. The molecule has 27 heavy (non-hydrogen) atoms. The van der Waals surface area contributed by atoms with Crippen molar-refractivity contribution in [2.24, 2.45) is 0 Å². The lowest BCUT2D eigenvalue weighted by molar-refractivity contribution is -0.137. The molecule has 3 rings (SSSR count). The van der Waals surface area contributed by atoms with E-state index < -0.39 is 5.97 Å². The van der Waals surface area contributed by atoms with Crippen molar-refractivity contribution in [2.75, 3.05) is 6.54 Å². The second-order valence-electron chi connectivity index (χ2n) is 6.55. The molecule has 0 saturated heterocycles. The summed E-state index contributed by atoms with van der Waals surface area (Å²) in [5, 5.41) is 19.1. The molecule has 1 N–H and O–H groups in total. The predicted octanol–water partition coefficient (Wildman–Crippen LogP) is 2.45. The van der Waals surface area contributed by atoms with Crippen LogP contribution in [0.3, 0.4) is 0 Å². The number of carboxylic acid groups (broad SMARTS) is 1. The number of carbonyl (C=O) groups excluding carboxylic acids is 1. The molecule has 0 saturated carbocycles. The third kappa shape index (κ3) is 3.64. The van der Waals surface area contributed by atoms with E-state index in [1.165, 1.54) is 4.90 Å². The molecular weight excluding hydrogens is 346 g/mol. The number of hydrogen-bond donors (Lipinski definition) is 1. The van der Waals surface area contributed by atoms with Gasteiger partial charge in [-0.2, -0.15) is 0 Å². The average Bonchev–Trinajstić information content (AvgIpc) is 3.02. The number of carbonyl (C=O) groups is 2. The smallest absolute Gasteiger partial charge is 0.305 e. The Morgan fingerprint density at radius 2 is 2.04 bits per heavy atom. The van der Waals surface area contributed by atoms with Gasteiger partial charge in [-0.3, -0.25) is 14.6 Å². The maximum Gasteiger partial charge on any atom is 0.305 e. The maximum atomic E-state index is 12.9. The molecule has 0 unspecified atom stereocenters. The van der Waals surface area contributed by atoms with Crippen molar-refractivity contribution in [2.45, 2.75) is 33.2 Å². The number of benzene rings is 1. The van der Waals surface area contributed by atoms with Crippen LogP contribution in [0.5, 0.6) is 0 Å². The zero-order chi connectivity index (χ0) is 19.6. The van der Waals surface area contributed by atoms with Gasteiger partial charge in [-0.25, -0.2) is 4.68 Å². The molecule has 1 aromatic carbocycles. The minimum Gasteiger partial charge on any atom is -0.481 e. The molecule has 2 heterocycles. The highest BCUT2D eigenvalue weighted by atomic mass is 16.4. The molecule has 3 aromatic rings. The summed E-state index contributed by atoms with van der Waals surface area (Å²) < 4.78 is 1.63. The van der Waals surface area contributed by atoms with Crippen LogP contribution in [0.25, 0.3) is 16.5 Å². The van der Waals surface area contributed by atoms with Gasteiger partial charge in [0.05, 0.1) is 17.8 Å². The number of nitrogens with zero attached hydrogens (tertiary/aromatic N) is 5. The lowest BCUT2D eigenvalue weighted by Crippen LogP contribution is -2.39. The third-order valence-electron chi connectivity index (χ3n) is 4.43. The van der Waals surface area contributed by atoms with Crippen LogP contribution in [-0.4, -0.2) is 54.4 Å². The maximum absolute atomic E-state index is 12.9. The average molecular weight is 367 g/mol. The van der Waals surface area contributed by atoms with Crippen molar-refractivity contribution in [3.63, 3.8) is 0 Å². The van der Waals surface area contributed by atoms with Crippen molar-refractivity contribution in [1.82, 2.24) is 24.9 Å². The highest BCUT2D eigenvalue weighted by Gasteiger charge is 2.25. The minimum absolute atomic E-state index is 0.118. The van der Waals surface area contributed by atoms with Gasteiger partial charge >= 0.3 is 5.97 Å². The van der Waals surface area contributed by atoms with Gasteiger partial charge in [0, 0.05) is 35.8 Å². The fraction of sp³-hybridized carbons (Fsp3) is 0.316. The van der Waals surface area contributed by atoms with Crippen LogP contribution in [0.2, 0.25) is 0 Å². The van der Waals surface area contributed by atoms with Gasteiger partial charge in [-0.05, 0) is 32.9 Å². The predicted molar refractivity (Wildman–Crippen MR) is 99.8 cm³/mol. The quantitative estimate of drug-likeness (QED) is 0.718. The first kappa shape index (κ1) is 18.5. The Balaban J connectivity index is 1.99. The first-order valence-corrected chi connectivity index (χ1v) is 8.68. The Bertz CT molecular complexity index is 991. The number of pyridine rings is 1. The summed E-state index contributed by atoms with van der Waals surface area (Å²) in [6.07, 6.45) is 3.35. The van der Waals surface area contributed by atoms with E-state index in [1.54, 1.807) is 24.0 Å². The van der Waals surface area contributed by atoms with Crippen LogP contribution < -0.4 is 0 Å². The summed E-state index contributed by atoms with van der Waals surface area (Å²) >= 11 is 0. The van der Waals surface area contributed by atoms with Gasteiger partial charge in [0.1, 0.15) is 0 Å². The lowest BCUT2D eigenvalue weighted by atomic mass is 10.1. The van der Waals surface area contributed by atoms with E-state index in [0.29, 0.717) is 5.69 Å². The summed E-state index contributed by atoms with van der Waals surface area (Å²) in [5.41, 5.74) is 1.63. The first-order chi connectivity index (χ1) is 12.9. The number of aliphatic carboxylic acids is 1. The zero-order valence-corrected chi connectivity index (χ0v) is 15.5. The van der Waals surface area contributed by atoms with E-state index in [4.69, 9.17) is 5.11 Å². The number of amides is 1. The van der Waals surface area contributed by atoms with Crippen LogP contribution in [0.1, 0.15) is 36.5 Å². The molecule has 140 valence electrons. The molecule has 8 nitrogen and oxygen atoms in total. The standard InChI is InChI=1S/C19H21N5O3/c1-12(2)23(10-8-17(25)26)19(27)18-13(3)24(22-21-18)16-6-4-5-14-11-20-9-7-15(14)16/h4-7,9,11-12H,8,10H2,1-3H3,(H,25,26). The van der Waals surface area contributed by atoms with E-state index in [9.17, 15) is 9.59 Å². The first-order valence-electron chi connectivity index (χ1n) is 8.68. The van der Waals surface area contributed by atoms with E-state index in [2.05, 4.69) is 15.3 Å². The normalized spacial score (nSPS) is 11.1. The van der Waals surface area contributed by atoms with E-state index >= 15 is 0 Å². The molecule has 0 radical (unpaired) electrons. The lowest BCUT2D eigenvalue weighted by Gasteiger charge is -2.25. The van der Waals surface area contributed by atoms with Crippen molar-refractivity contribution in [3.05, 3.63) is 48.0 Å². The summed E-state index contributed by atoms with van der Waals surface area (Å²) in [4.78, 5) is 29.5. The van der Waals surface area contributed by atoms with Crippen LogP contribution >= 0.6 is 0 Å². The Kier molecular flexibility index (Phi) is 5.16. The number of hydrogen-bond acceptors (Lipinski definition) is 5. The van der Waals surface area contributed by atoms with Gasteiger partial charge in [0.25, 0.3) is 5.91 Å². The monoisotopic (exact) mass is 367 g/mol. The molecule has 0 aliphatic rings. The molecule has 2 aromatic heterocycles. The summed E-state index contributed by atoms with van der Waals surface area (Å²) in [7, 11) is 0. The molecule has 0 spiro atoms. The van der Waals surface area contributed by atoms with Crippen molar-refractivity contribution in [3.8, 4) is 5.69 Å². The summed E-state index contributed by atoms with van der Waals surface area (Å²) in [5.74, 6) is -1.27. The Morgan fingerprint density at radius 1 is 1.26 bits per heavy atom. The van der Waals surface area contributed by atoms with Crippen LogP contribution in [0.15, 0.2) is 36.7 Å². The topological polar surface area (TPSA) is 101 Å². The summed E-state index contributed by atoms with van der Waals surface area (Å²) in [6.45, 7) is 5.59. The van der Waals surface area contributed by atoms with E-state index in [-0.39, 0.29) is 30.6 Å². The fourth-order valence-corrected chi connectivity index (χ4v) is 2.99. The molecule has 8 heteroatoms. The van der Waals surface area contributed by atoms with Gasteiger partial charge in [-0.15, -0.1) is 5.10 Å². The zero-order valence-electron chi connectivity index (χ0n) is 15.5. The van der Waals surface area contributed by atoms with Crippen molar-refractivity contribution in [1.29, 1.82) is 0 Å². The Morgan fingerprint density at radius 3 is 2.74 bits per heavy atom. The second kappa shape index (κ2) is 7.53. The highest BCUT2D eigenvalue weighted by molar-refractivity contribution is 5.94. The molecular formula is C19H21N5O3. The second-order valence-corrected chi connectivity index (χ2v) is 6.55. The number of carboxylic acids is 1. The molecule has 0 fully saturated rings.